The molecular weight excluding hydrogens is 161 g/mol. The zero-order valence-corrected chi connectivity index (χ0v) is 8.93. The molecule has 61 valence electrons. The SMILES string of the molecule is C[C@@H](CO)N(C)[N+]([O-])=NO.[Na]. The Morgan fingerprint density at radius 1 is 1.73 bits per heavy atom. The molecule has 11 heavy (non-hydrogen) atoms. The maximum absolute atomic E-state index is 10.4. The van der Waals surface area contributed by atoms with Crippen LogP contribution in [0.3, 0.4) is 0 Å². The van der Waals surface area contributed by atoms with E-state index in [2.05, 4.69) is 5.28 Å². The summed E-state index contributed by atoms with van der Waals surface area (Å²) in [6.45, 7) is 1.46. The smallest absolute Gasteiger partial charge is 0.230 e. The standard InChI is InChI=1S/C4H11N3O3.Na/c1-4(3-8)6(2)7(10)5-9;/h4,8-9H,3H2,1-2H3;/t4-;/m0./s1. The molecule has 0 unspecified atom stereocenters. The minimum absolute atomic E-state index is 0. The summed E-state index contributed by atoms with van der Waals surface area (Å²) in [5.41, 5.74) is 0. The van der Waals surface area contributed by atoms with E-state index in [4.69, 9.17) is 10.3 Å². The number of rotatable bonds is 3. The summed E-state index contributed by atoms with van der Waals surface area (Å²) < 4.78 is 0. The molecule has 0 aromatic heterocycles. The van der Waals surface area contributed by atoms with Crippen molar-refractivity contribution in [2.75, 3.05) is 13.7 Å². The van der Waals surface area contributed by atoms with Crippen molar-refractivity contribution in [3.05, 3.63) is 5.21 Å². The number of hydrazine groups is 1. The second-order valence-electron chi connectivity index (χ2n) is 1.95. The molecule has 0 bridgehead atoms. The summed E-state index contributed by atoms with van der Waals surface area (Å²) in [5, 5.41) is 30.3. The van der Waals surface area contributed by atoms with Crippen LogP contribution in [0.5, 0.6) is 0 Å². The first-order valence-corrected chi connectivity index (χ1v) is 2.79. The molecule has 0 saturated heterocycles. The molecular formula is C4H11N3NaO3. The third-order valence-corrected chi connectivity index (χ3v) is 1.25. The predicted octanol–water partition coefficient (Wildman–Crippen LogP) is -0.815. The molecule has 0 aliphatic heterocycles. The summed E-state index contributed by atoms with van der Waals surface area (Å²) in [7, 11) is 1.41. The molecule has 0 aromatic rings. The average Bonchev–Trinajstić information content (AvgIpc) is 2.00. The van der Waals surface area contributed by atoms with Gasteiger partial charge in [-0.1, -0.05) is 0 Å². The Hall–Kier alpha value is -0.0400. The van der Waals surface area contributed by atoms with Crippen LogP contribution in [0, 0.1) is 5.21 Å². The van der Waals surface area contributed by atoms with Gasteiger partial charge >= 0.3 is 0 Å². The number of likely N-dealkylation sites (N-methyl/N-ethyl adjacent to an activating group) is 1. The molecule has 6 nitrogen and oxygen atoms in total. The number of hydrogen-bond donors (Lipinski definition) is 2. The minimum atomic E-state index is -0.353. The van der Waals surface area contributed by atoms with Gasteiger partial charge in [-0.15, -0.1) is 5.01 Å². The predicted molar refractivity (Wildman–Crippen MR) is 37.9 cm³/mol. The van der Waals surface area contributed by atoms with Crippen LogP contribution in [0.25, 0.3) is 0 Å². The average molecular weight is 172 g/mol. The molecule has 1 radical (unpaired) electrons. The Balaban J connectivity index is 0. The van der Waals surface area contributed by atoms with Crippen LogP contribution in [0.4, 0.5) is 0 Å². The fourth-order valence-corrected chi connectivity index (χ4v) is 0.350. The molecule has 0 spiro atoms. The van der Waals surface area contributed by atoms with E-state index in [-0.39, 0.29) is 47.2 Å². The summed E-state index contributed by atoms with van der Waals surface area (Å²) in [6, 6.07) is -0.353. The number of aliphatic hydroxyl groups is 1. The fraction of sp³-hybridized carbons (Fsp3) is 1.00. The van der Waals surface area contributed by atoms with Crippen LogP contribution in [-0.4, -0.2) is 69.5 Å². The molecule has 0 aromatic carbocycles. The van der Waals surface area contributed by atoms with Crippen LogP contribution in [0.1, 0.15) is 6.92 Å². The van der Waals surface area contributed by atoms with Crippen molar-refractivity contribution in [2.24, 2.45) is 5.28 Å². The van der Waals surface area contributed by atoms with Gasteiger partial charge in [0.15, 0.2) is 0 Å². The van der Waals surface area contributed by atoms with E-state index >= 15 is 0 Å². The molecule has 0 aliphatic rings. The largest absolute Gasteiger partial charge is 0.569 e. The first-order chi connectivity index (χ1) is 4.63. The van der Waals surface area contributed by atoms with Crippen LogP contribution in [0.15, 0.2) is 5.28 Å². The van der Waals surface area contributed by atoms with E-state index in [1.807, 2.05) is 0 Å². The molecule has 0 saturated carbocycles. The van der Waals surface area contributed by atoms with Gasteiger partial charge < -0.3 is 15.5 Å². The third kappa shape index (κ3) is 4.41. The van der Waals surface area contributed by atoms with E-state index < -0.39 is 0 Å². The van der Waals surface area contributed by atoms with E-state index in [0.29, 0.717) is 0 Å². The van der Waals surface area contributed by atoms with Gasteiger partial charge in [-0.2, -0.15) is 0 Å². The summed E-state index contributed by atoms with van der Waals surface area (Å²) in [4.78, 5) is 0.000880. The van der Waals surface area contributed by atoms with E-state index in [9.17, 15) is 5.21 Å². The van der Waals surface area contributed by atoms with Gasteiger partial charge in [0.1, 0.15) is 6.04 Å². The van der Waals surface area contributed by atoms with Gasteiger partial charge in [0.25, 0.3) is 0 Å². The Morgan fingerprint density at radius 2 is 2.18 bits per heavy atom. The normalized spacial score (nSPS) is 13.5. The Bertz CT molecular complexity index is 132. The van der Waals surface area contributed by atoms with Crippen molar-refractivity contribution in [3.63, 3.8) is 0 Å². The maximum Gasteiger partial charge on any atom is 0.230 e. The van der Waals surface area contributed by atoms with Crippen molar-refractivity contribution in [3.8, 4) is 0 Å². The molecule has 1 atom stereocenters. The van der Waals surface area contributed by atoms with E-state index in [0.717, 1.165) is 5.01 Å². The van der Waals surface area contributed by atoms with Gasteiger partial charge in [0.2, 0.25) is 5.28 Å². The monoisotopic (exact) mass is 172 g/mol. The van der Waals surface area contributed by atoms with Crippen molar-refractivity contribution < 1.29 is 15.3 Å². The molecule has 0 amide bonds. The van der Waals surface area contributed by atoms with Crippen molar-refractivity contribution in [2.45, 2.75) is 13.0 Å². The van der Waals surface area contributed by atoms with E-state index in [1.54, 1.807) is 6.92 Å². The molecule has 2 N–H and O–H groups in total. The Kier molecular flexibility index (Phi) is 8.20. The summed E-state index contributed by atoms with van der Waals surface area (Å²) >= 11 is 0. The number of aliphatic hydroxyl groups excluding tert-OH is 1. The second-order valence-corrected chi connectivity index (χ2v) is 1.95. The topological polar surface area (TPSA) is 82.1 Å². The van der Waals surface area contributed by atoms with Crippen LogP contribution in [-0.2, 0) is 0 Å². The van der Waals surface area contributed by atoms with Crippen LogP contribution in [0.2, 0.25) is 0 Å². The Labute approximate surface area is 86.9 Å². The van der Waals surface area contributed by atoms with Gasteiger partial charge in [-0.3, -0.25) is 0 Å². The minimum Gasteiger partial charge on any atom is -0.569 e. The zero-order chi connectivity index (χ0) is 8.15. The molecule has 0 rings (SSSR count). The van der Waals surface area contributed by atoms with Gasteiger partial charge in [0.05, 0.1) is 18.6 Å². The van der Waals surface area contributed by atoms with Crippen molar-refractivity contribution in [1.82, 2.24) is 5.01 Å². The third-order valence-electron chi connectivity index (χ3n) is 1.25. The maximum atomic E-state index is 10.4. The van der Waals surface area contributed by atoms with Gasteiger partial charge in [-0.05, 0) is 6.92 Å². The van der Waals surface area contributed by atoms with Gasteiger partial charge in [0, 0.05) is 29.6 Å². The molecule has 7 heteroatoms. The van der Waals surface area contributed by atoms with Gasteiger partial charge in [-0.25, -0.2) is 0 Å². The molecule has 0 aliphatic carbocycles. The van der Waals surface area contributed by atoms with E-state index in [1.165, 1.54) is 7.05 Å². The number of nitrogens with zero attached hydrogens (tertiary/aromatic N) is 3. The second kappa shape index (κ2) is 6.66. The van der Waals surface area contributed by atoms with Crippen molar-refractivity contribution >= 4 is 29.6 Å². The van der Waals surface area contributed by atoms with Crippen LogP contribution < -0.4 is 0 Å². The molecule has 0 fully saturated rings. The first-order valence-electron chi connectivity index (χ1n) is 2.79. The Morgan fingerprint density at radius 3 is 2.45 bits per heavy atom. The zero-order valence-electron chi connectivity index (χ0n) is 6.93. The fourth-order valence-electron chi connectivity index (χ4n) is 0.350. The quantitative estimate of drug-likeness (QED) is 0.252. The summed E-state index contributed by atoms with van der Waals surface area (Å²) in [6.07, 6.45) is 0. The van der Waals surface area contributed by atoms with Crippen molar-refractivity contribution in [1.29, 1.82) is 0 Å². The number of hydrogen-bond acceptors (Lipinski definition) is 3. The molecule has 0 heterocycles. The summed E-state index contributed by atoms with van der Waals surface area (Å²) in [5.74, 6) is 0. The first kappa shape index (κ1) is 13.5. The van der Waals surface area contributed by atoms with Crippen LogP contribution >= 0.6 is 0 Å².